The first-order chi connectivity index (χ1) is 14.3. The second-order valence-corrected chi connectivity index (χ2v) is 8.90. The van der Waals surface area contributed by atoms with Crippen molar-refractivity contribution in [2.45, 2.75) is 27.2 Å². The van der Waals surface area contributed by atoms with Crippen molar-refractivity contribution in [1.82, 2.24) is 0 Å². The second kappa shape index (κ2) is 9.45. The van der Waals surface area contributed by atoms with Crippen LogP contribution in [0.1, 0.15) is 36.7 Å². The number of thiophene rings is 1. The summed E-state index contributed by atoms with van der Waals surface area (Å²) in [7, 11) is 0. The molecule has 0 radical (unpaired) electrons. The number of nitrogens with one attached hydrogen (secondary N) is 1. The van der Waals surface area contributed by atoms with Crippen molar-refractivity contribution in [3.05, 3.63) is 76.1 Å². The number of hydrogen-bond acceptors (Lipinski definition) is 4. The number of amides is 1. The minimum absolute atomic E-state index is 0.151. The molecule has 30 heavy (non-hydrogen) atoms. The van der Waals surface area contributed by atoms with E-state index < -0.39 is 11.4 Å². The first-order valence-corrected chi connectivity index (χ1v) is 11.0. The molecule has 156 valence electrons. The average Bonchev–Trinajstić information content (AvgIpc) is 3.12. The van der Waals surface area contributed by atoms with Gasteiger partial charge < -0.3 is 10.1 Å². The van der Waals surface area contributed by atoms with Gasteiger partial charge in [-0.1, -0.05) is 67.9 Å². The fourth-order valence-electron chi connectivity index (χ4n) is 3.16. The van der Waals surface area contributed by atoms with E-state index in [1.165, 1.54) is 11.3 Å². The van der Waals surface area contributed by atoms with Crippen molar-refractivity contribution < 1.29 is 14.3 Å². The third kappa shape index (κ3) is 5.10. The Bertz CT molecular complexity index is 1030. The standard InChI is InChI=1S/C24H24ClNO3S/c1-4-29-22(27)20-19(17-10-12-18(25)13-11-17)15-30-21(20)26-23(28)24(2,3)14-16-8-6-5-7-9-16/h5-13,15H,4,14H2,1-3H3,(H,26,28). The molecule has 4 nitrogen and oxygen atoms in total. The van der Waals surface area contributed by atoms with Gasteiger partial charge in [-0.05, 0) is 36.6 Å². The van der Waals surface area contributed by atoms with Crippen molar-refractivity contribution in [1.29, 1.82) is 0 Å². The number of carbonyl (C=O) groups is 2. The highest BCUT2D eigenvalue weighted by Crippen LogP contribution is 2.37. The van der Waals surface area contributed by atoms with Gasteiger partial charge in [0.05, 0.1) is 6.61 Å². The van der Waals surface area contributed by atoms with E-state index in [0.29, 0.717) is 27.6 Å². The molecule has 0 fully saturated rings. The molecule has 0 unspecified atom stereocenters. The largest absolute Gasteiger partial charge is 0.462 e. The quantitative estimate of drug-likeness (QED) is 0.428. The summed E-state index contributed by atoms with van der Waals surface area (Å²) in [5.74, 6) is -0.610. The van der Waals surface area contributed by atoms with Crippen molar-refractivity contribution in [3.63, 3.8) is 0 Å². The molecule has 0 saturated carbocycles. The normalized spacial score (nSPS) is 11.2. The molecule has 0 bridgehead atoms. The summed E-state index contributed by atoms with van der Waals surface area (Å²) in [5.41, 5.74) is 2.34. The lowest BCUT2D eigenvalue weighted by Crippen LogP contribution is -2.33. The molecule has 3 aromatic rings. The third-order valence-electron chi connectivity index (χ3n) is 4.76. The molecule has 1 amide bonds. The van der Waals surface area contributed by atoms with Crippen LogP contribution in [0.25, 0.3) is 11.1 Å². The van der Waals surface area contributed by atoms with Crippen LogP contribution in [0.5, 0.6) is 0 Å². The Morgan fingerprint density at radius 2 is 1.73 bits per heavy atom. The van der Waals surface area contributed by atoms with Crippen LogP contribution >= 0.6 is 22.9 Å². The maximum Gasteiger partial charge on any atom is 0.341 e. The molecule has 1 N–H and O–H groups in total. The number of hydrogen-bond donors (Lipinski definition) is 1. The van der Waals surface area contributed by atoms with Crippen LogP contribution in [-0.2, 0) is 16.0 Å². The predicted molar refractivity (Wildman–Crippen MR) is 123 cm³/mol. The Balaban J connectivity index is 1.90. The molecule has 6 heteroatoms. The summed E-state index contributed by atoms with van der Waals surface area (Å²) in [6, 6.07) is 17.1. The number of ether oxygens (including phenoxy) is 1. The van der Waals surface area contributed by atoms with Crippen LogP contribution in [-0.4, -0.2) is 18.5 Å². The lowest BCUT2D eigenvalue weighted by Gasteiger charge is -2.23. The zero-order chi connectivity index (χ0) is 21.7. The van der Waals surface area contributed by atoms with Crippen molar-refractivity contribution in [2.75, 3.05) is 11.9 Å². The molecule has 0 aliphatic rings. The summed E-state index contributed by atoms with van der Waals surface area (Å²) in [6.45, 7) is 5.80. The zero-order valence-electron chi connectivity index (χ0n) is 17.2. The molecular formula is C24H24ClNO3S. The monoisotopic (exact) mass is 441 g/mol. The van der Waals surface area contributed by atoms with E-state index in [1.807, 2.05) is 61.7 Å². The summed E-state index contributed by atoms with van der Waals surface area (Å²) in [4.78, 5) is 25.8. The van der Waals surface area contributed by atoms with Gasteiger partial charge in [-0.25, -0.2) is 4.79 Å². The topological polar surface area (TPSA) is 55.4 Å². The fourth-order valence-corrected chi connectivity index (χ4v) is 4.23. The van der Waals surface area contributed by atoms with E-state index in [-0.39, 0.29) is 12.5 Å². The van der Waals surface area contributed by atoms with Gasteiger partial charge in [0.15, 0.2) is 0 Å². The molecule has 0 spiro atoms. The van der Waals surface area contributed by atoms with Crippen LogP contribution in [0.15, 0.2) is 60.0 Å². The van der Waals surface area contributed by atoms with E-state index in [4.69, 9.17) is 16.3 Å². The fraction of sp³-hybridized carbons (Fsp3) is 0.250. The Morgan fingerprint density at radius 1 is 1.07 bits per heavy atom. The van der Waals surface area contributed by atoms with Gasteiger partial charge in [-0.3, -0.25) is 4.79 Å². The molecule has 0 aliphatic heterocycles. The van der Waals surface area contributed by atoms with Gasteiger partial charge in [-0.15, -0.1) is 11.3 Å². The third-order valence-corrected chi connectivity index (χ3v) is 5.90. The van der Waals surface area contributed by atoms with Crippen LogP contribution in [0, 0.1) is 5.41 Å². The van der Waals surface area contributed by atoms with Gasteiger partial charge in [0.2, 0.25) is 5.91 Å². The van der Waals surface area contributed by atoms with Crippen molar-refractivity contribution in [2.24, 2.45) is 5.41 Å². The number of carbonyl (C=O) groups excluding carboxylic acids is 2. The predicted octanol–water partition coefficient (Wildman–Crippen LogP) is 6.45. The first kappa shape index (κ1) is 22.1. The number of esters is 1. The lowest BCUT2D eigenvalue weighted by atomic mass is 9.85. The van der Waals surface area contributed by atoms with E-state index in [0.717, 1.165) is 11.1 Å². The Kier molecular flexibility index (Phi) is 6.95. The number of halogens is 1. The highest BCUT2D eigenvalue weighted by atomic mass is 35.5. The molecule has 2 aromatic carbocycles. The Morgan fingerprint density at radius 3 is 2.37 bits per heavy atom. The highest BCUT2D eigenvalue weighted by molar-refractivity contribution is 7.15. The highest BCUT2D eigenvalue weighted by Gasteiger charge is 2.30. The summed E-state index contributed by atoms with van der Waals surface area (Å²) < 4.78 is 5.27. The van der Waals surface area contributed by atoms with Gasteiger partial charge in [0.1, 0.15) is 10.6 Å². The zero-order valence-corrected chi connectivity index (χ0v) is 18.8. The van der Waals surface area contributed by atoms with E-state index >= 15 is 0 Å². The van der Waals surface area contributed by atoms with Crippen LogP contribution < -0.4 is 5.32 Å². The average molecular weight is 442 g/mol. The number of rotatable bonds is 7. The number of benzene rings is 2. The van der Waals surface area contributed by atoms with Crippen molar-refractivity contribution >= 4 is 39.8 Å². The van der Waals surface area contributed by atoms with Crippen LogP contribution in [0.3, 0.4) is 0 Å². The van der Waals surface area contributed by atoms with E-state index in [1.54, 1.807) is 19.1 Å². The molecule has 0 saturated heterocycles. The molecule has 1 heterocycles. The smallest absolute Gasteiger partial charge is 0.341 e. The van der Waals surface area contributed by atoms with Crippen molar-refractivity contribution in [3.8, 4) is 11.1 Å². The summed E-state index contributed by atoms with van der Waals surface area (Å²) >= 11 is 7.31. The SMILES string of the molecule is CCOC(=O)c1c(-c2ccc(Cl)cc2)csc1NC(=O)C(C)(C)Cc1ccccc1. The van der Waals surface area contributed by atoms with Gasteiger partial charge in [0, 0.05) is 21.4 Å². The minimum atomic E-state index is -0.655. The first-order valence-electron chi connectivity index (χ1n) is 9.71. The summed E-state index contributed by atoms with van der Waals surface area (Å²) in [6.07, 6.45) is 0.587. The summed E-state index contributed by atoms with van der Waals surface area (Å²) in [5, 5.41) is 5.93. The van der Waals surface area contributed by atoms with Gasteiger partial charge in [0.25, 0.3) is 0 Å². The second-order valence-electron chi connectivity index (χ2n) is 7.58. The van der Waals surface area contributed by atoms with E-state index in [2.05, 4.69) is 5.32 Å². The maximum atomic E-state index is 13.1. The molecule has 3 rings (SSSR count). The molecule has 0 atom stereocenters. The van der Waals surface area contributed by atoms with E-state index in [9.17, 15) is 9.59 Å². The molecule has 1 aromatic heterocycles. The molecule has 0 aliphatic carbocycles. The lowest BCUT2D eigenvalue weighted by molar-refractivity contribution is -0.123. The van der Waals surface area contributed by atoms with Gasteiger partial charge in [-0.2, -0.15) is 0 Å². The Hall–Kier alpha value is -2.63. The molecular weight excluding hydrogens is 418 g/mol. The maximum absolute atomic E-state index is 13.1. The Labute approximate surface area is 185 Å². The number of anilines is 1. The minimum Gasteiger partial charge on any atom is -0.462 e. The van der Waals surface area contributed by atoms with Gasteiger partial charge >= 0.3 is 5.97 Å². The van der Waals surface area contributed by atoms with Crippen LogP contribution in [0.2, 0.25) is 5.02 Å². The van der Waals surface area contributed by atoms with Crippen LogP contribution in [0.4, 0.5) is 5.00 Å².